The van der Waals surface area contributed by atoms with Crippen molar-refractivity contribution in [1.29, 1.82) is 0 Å². The van der Waals surface area contributed by atoms with Crippen LogP contribution in [0.2, 0.25) is 0 Å². The molecular formula is C41H30N4. The first-order valence-corrected chi connectivity index (χ1v) is 14.9. The van der Waals surface area contributed by atoms with Gasteiger partial charge < -0.3 is 4.57 Å². The summed E-state index contributed by atoms with van der Waals surface area (Å²) in [5.74, 6) is 0.649. The molecule has 0 saturated heterocycles. The van der Waals surface area contributed by atoms with Crippen LogP contribution >= 0.6 is 0 Å². The number of benzene rings is 6. The van der Waals surface area contributed by atoms with E-state index in [4.69, 9.17) is 9.97 Å². The standard InChI is InChI=1S/C40H26N4.CH4/c1-3-13-27(14-4-1)34-26-35(28-15-5-2-6-16-28)42-40(41-34)44-38-22-12-9-19-32(38)33-24-23-29(25-39(33)44)43-36-20-10-7-17-30(36)31-18-8-11-21-37(31)43;/h1-26H;1H4. The van der Waals surface area contributed by atoms with Crippen molar-refractivity contribution in [2.24, 2.45) is 0 Å². The molecule has 0 aliphatic carbocycles. The van der Waals surface area contributed by atoms with Crippen molar-refractivity contribution in [3.8, 4) is 34.2 Å². The zero-order valence-electron chi connectivity index (χ0n) is 23.8. The van der Waals surface area contributed by atoms with Crippen molar-refractivity contribution >= 4 is 43.6 Å². The van der Waals surface area contributed by atoms with Gasteiger partial charge in [-0.15, -0.1) is 0 Å². The number of nitrogens with zero attached hydrogens (tertiary/aromatic N) is 4. The SMILES string of the molecule is C.c1ccc(-c2cc(-c3ccccc3)nc(-n3c4ccccc4c4ccc(-n5c6ccccc6c6ccccc65)cc43)n2)cc1. The fourth-order valence-corrected chi connectivity index (χ4v) is 6.56. The van der Waals surface area contributed by atoms with Gasteiger partial charge in [0.25, 0.3) is 0 Å². The molecule has 0 fully saturated rings. The minimum atomic E-state index is 0. The number of para-hydroxylation sites is 3. The number of aromatic nitrogens is 4. The number of hydrogen-bond acceptors (Lipinski definition) is 2. The van der Waals surface area contributed by atoms with Crippen LogP contribution in [0, 0.1) is 0 Å². The molecule has 0 amide bonds. The maximum Gasteiger partial charge on any atom is 0.235 e. The highest BCUT2D eigenvalue weighted by Crippen LogP contribution is 2.37. The second-order valence-electron chi connectivity index (χ2n) is 11.1. The molecule has 0 aliphatic heterocycles. The molecule has 4 nitrogen and oxygen atoms in total. The van der Waals surface area contributed by atoms with Crippen LogP contribution in [0.25, 0.3) is 77.8 Å². The van der Waals surface area contributed by atoms with Gasteiger partial charge in [-0.1, -0.05) is 129 Å². The van der Waals surface area contributed by atoms with Gasteiger partial charge in [-0.3, -0.25) is 4.57 Å². The van der Waals surface area contributed by atoms with Crippen molar-refractivity contribution in [2.45, 2.75) is 7.43 Å². The molecule has 0 unspecified atom stereocenters. The molecule has 4 heteroatoms. The second-order valence-corrected chi connectivity index (χ2v) is 11.1. The van der Waals surface area contributed by atoms with E-state index in [2.05, 4.69) is 155 Å². The summed E-state index contributed by atoms with van der Waals surface area (Å²) in [5.41, 5.74) is 9.49. The lowest BCUT2D eigenvalue weighted by atomic mass is 10.1. The summed E-state index contributed by atoms with van der Waals surface area (Å²) < 4.78 is 4.59. The quantitative estimate of drug-likeness (QED) is 0.208. The van der Waals surface area contributed by atoms with Gasteiger partial charge in [0.15, 0.2) is 0 Å². The summed E-state index contributed by atoms with van der Waals surface area (Å²) in [6.45, 7) is 0. The summed E-state index contributed by atoms with van der Waals surface area (Å²) in [4.78, 5) is 10.4. The van der Waals surface area contributed by atoms with Crippen LogP contribution in [0.3, 0.4) is 0 Å². The highest BCUT2D eigenvalue weighted by molar-refractivity contribution is 6.11. The van der Waals surface area contributed by atoms with Crippen molar-refractivity contribution in [3.63, 3.8) is 0 Å². The van der Waals surface area contributed by atoms with Crippen molar-refractivity contribution in [1.82, 2.24) is 19.1 Å². The van der Waals surface area contributed by atoms with E-state index in [1.54, 1.807) is 0 Å². The molecule has 9 rings (SSSR count). The number of rotatable bonds is 4. The van der Waals surface area contributed by atoms with Gasteiger partial charge >= 0.3 is 0 Å². The first kappa shape index (κ1) is 26.6. The van der Waals surface area contributed by atoms with E-state index in [-0.39, 0.29) is 7.43 Å². The molecule has 45 heavy (non-hydrogen) atoms. The molecular weight excluding hydrogens is 548 g/mol. The molecule has 6 aromatic carbocycles. The molecule has 3 aromatic heterocycles. The number of fused-ring (bicyclic) bond motifs is 6. The summed E-state index contributed by atoms with van der Waals surface area (Å²) in [6.07, 6.45) is 0. The fraction of sp³-hybridized carbons (Fsp3) is 0.0244. The van der Waals surface area contributed by atoms with Crippen LogP contribution in [-0.4, -0.2) is 19.1 Å². The van der Waals surface area contributed by atoms with E-state index < -0.39 is 0 Å². The molecule has 0 radical (unpaired) electrons. The van der Waals surface area contributed by atoms with Crippen molar-refractivity contribution in [2.75, 3.05) is 0 Å². The molecule has 0 N–H and O–H groups in total. The van der Waals surface area contributed by atoms with Crippen LogP contribution in [0.5, 0.6) is 0 Å². The Balaban J connectivity index is 0.00000300. The zero-order chi connectivity index (χ0) is 29.0. The minimum absolute atomic E-state index is 0. The lowest BCUT2D eigenvalue weighted by Crippen LogP contribution is -2.04. The Kier molecular flexibility index (Phi) is 6.28. The third-order valence-electron chi connectivity index (χ3n) is 8.55. The van der Waals surface area contributed by atoms with E-state index in [0.717, 1.165) is 39.2 Å². The maximum atomic E-state index is 5.21. The first-order chi connectivity index (χ1) is 21.8. The van der Waals surface area contributed by atoms with Gasteiger partial charge in [-0.25, -0.2) is 9.97 Å². The van der Waals surface area contributed by atoms with Crippen LogP contribution in [-0.2, 0) is 0 Å². The highest BCUT2D eigenvalue weighted by atomic mass is 15.2. The third-order valence-corrected chi connectivity index (χ3v) is 8.55. The smallest absolute Gasteiger partial charge is 0.235 e. The van der Waals surface area contributed by atoms with Gasteiger partial charge in [0.05, 0.1) is 33.5 Å². The summed E-state index contributed by atoms with van der Waals surface area (Å²) in [5, 5.41) is 4.83. The Hall–Kier alpha value is -6.00. The van der Waals surface area contributed by atoms with E-state index in [1.165, 1.54) is 32.6 Å². The van der Waals surface area contributed by atoms with E-state index in [9.17, 15) is 0 Å². The third kappa shape index (κ3) is 4.22. The van der Waals surface area contributed by atoms with Gasteiger partial charge in [0.1, 0.15) is 0 Å². The molecule has 3 heterocycles. The molecule has 0 bridgehead atoms. The molecule has 9 aromatic rings. The monoisotopic (exact) mass is 578 g/mol. The fourth-order valence-electron chi connectivity index (χ4n) is 6.56. The largest absolute Gasteiger partial charge is 0.309 e. The Bertz CT molecular complexity index is 2380. The predicted molar refractivity (Wildman–Crippen MR) is 188 cm³/mol. The zero-order valence-corrected chi connectivity index (χ0v) is 23.8. The Morgan fingerprint density at radius 1 is 0.356 bits per heavy atom. The van der Waals surface area contributed by atoms with E-state index in [1.807, 2.05) is 12.1 Å². The minimum Gasteiger partial charge on any atom is -0.309 e. The molecule has 0 aliphatic rings. The lowest BCUT2D eigenvalue weighted by molar-refractivity contribution is 0.994. The molecule has 0 atom stereocenters. The van der Waals surface area contributed by atoms with Crippen molar-refractivity contribution < 1.29 is 0 Å². The average Bonchev–Trinajstić information content (AvgIpc) is 3.61. The maximum absolute atomic E-state index is 5.21. The van der Waals surface area contributed by atoms with Gasteiger partial charge in [0.2, 0.25) is 5.95 Å². The average molecular weight is 579 g/mol. The topological polar surface area (TPSA) is 35.6 Å². The summed E-state index contributed by atoms with van der Waals surface area (Å²) >= 11 is 0. The lowest BCUT2D eigenvalue weighted by Gasteiger charge is -2.13. The van der Waals surface area contributed by atoms with Crippen LogP contribution in [0.1, 0.15) is 7.43 Å². The second kappa shape index (κ2) is 10.6. The van der Waals surface area contributed by atoms with Crippen LogP contribution < -0.4 is 0 Å². The first-order valence-electron chi connectivity index (χ1n) is 14.9. The summed E-state index contributed by atoms with van der Waals surface area (Å²) in [7, 11) is 0. The van der Waals surface area contributed by atoms with Crippen LogP contribution in [0.15, 0.2) is 158 Å². The molecule has 214 valence electrons. The predicted octanol–water partition coefficient (Wildman–Crippen LogP) is 10.6. The van der Waals surface area contributed by atoms with Crippen LogP contribution in [0.4, 0.5) is 0 Å². The van der Waals surface area contributed by atoms with Gasteiger partial charge in [-0.05, 0) is 36.4 Å². The van der Waals surface area contributed by atoms with Gasteiger partial charge in [-0.2, -0.15) is 0 Å². The van der Waals surface area contributed by atoms with Crippen molar-refractivity contribution in [3.05, 3.63) is 158 Å². The normalized spacial score (nSPS) is 11.4. The Labute approximate surface area is 261 Å². The Morgan fingerprint density at radius 3 is 1.29 bits per heavy atom. The highest BCUT2D eigenvalue weighted by Gasteiger charge is 2.19. The van der Waals surface area contributed by atoms with E-state index in [0.29, 0.717) is 5.95 Å². The Morgan fingerprint density at radius 2 is 0.778 bits per heavy atom. The number of hydrogen-bond donors (Lipinski definition) is 0. The van der Waals surface area contributed by atoms with E-state index >= 15 is 0 Å². The summed E-state index contributed by atoms with van der Waals surface area (Å²) in [6, 6.07) is 55.4. The molecule has 0 saturated carbocycles. The molecule has 0 spiro atoms. The van der Waals surface area contributed by atoms with Gasteiger partial charge in [0, 0.05) is 38.4 Å².